The Kier molecular flexibility index (Phi) is 7.75. The van der Waals surface area contributed by atoms with Gasteiger partial charge < -0.3 is 22.1 Å². The van der Waals surface area contributed by atoms with Crippen molar-refractivity contribution in [3.63, 3.8) is 0 Å². The van der Waals surface area contributed by atoms with Crippen molar-refractivity contribution in [1.82, 2.24) is 9.80 Å². The Morgan fingerprint density at radius 2 is 1.30 bits per heavy atom. The predicted molar refractivity (Wildman–Crippen MR) is 125 cm³/mol. The minimum Gasteiger partial charge on any atom is -0.366 e. The van der Waals surface area contributed by atoms with Crippen LogP contribution in [0.5, 0.6) is 0 Å². The smallest absolute Gasteiger partial charge is 0.250 e. The van der Waals surface area contributed by atoms with Crippen LogP contribution in [-0.4, -0.2) is 72.2 Å². The summed E-state index contributed by atoms with van der Waals surface area (Å²) in [5.74, 6) is -1.70. The Morgan fingerprint density at radius 3 is 1.79 bits per heavy atom. The molecule has 174 valence electrons. The molecule has 1 fully saturated rings. The molecule has 1 heterocycles. The molecule has 2 aromatic rings. The molecule has 1 aliphatic rings. The average Bonchev–Trinajstić information content (AvgIpc) is 2.76. The van der Waals surface area contributed by atoms with Crippen LogP contribution in [-0.2, 0) is 9.59 Å². The van der Waals surface area contributed by atoms with Gasteiger partial charge in [0.15, 0.2) is 0 Å². The number of nitrogens with one attached hydrogen (secondary N) is 2. The van der Waals surface area contributed by atoms with Gasteiger partial charge in [0.05, 0.1) is 35.6 Å². The predicted octanol–water partition coefficient (Wildman–Crippen LogP) is 0.468. The maximum absolute atomic E-state index is 12.5. The minimum atomic E-state index is -0.607. The summed E-state index contributed by atoms with van der Waals surface area (Å²) in [7, 11) is 0. The average molecular weight is 453 g/mol. The van der Waals surface area contributed by atoms with E-state index in [2.05, 4.69) is 10.6 Å². The number of primary amides is 2. The SMILES string of the molecule is CC1CN(CC(=O)Nc2ccccc2C(N)=O)CCN1CC(=O)Nc1ccccc1C(N)=O. The Labute approximate surface area is 191 Å². The molecule has 3 rings (SSSR count). The number of carbonyl (C=O) groups is 4. The van der Waals surface area contributed by atoms with E-state index in [4.69, 9.17) is 11.5 Å². The van der Waals surface area contributed by atoms with Crippen molar-refractivity contribution in [3.8, 4) is 0 Å². The van der Waals surface area contributed by atoms with E-state index in [-0.39, 0.29) is 42.1 Å². The first-order valence-electron chi connectivity index (χ1n) is 10.6. The molecule has 4 amide bonds. The van der Waals surface area contributed by atoms with Crippen molar-refractivity contribution < 1.29 is 19.2 Å². The van der Waals surface area contributed by atoms with Crippen molar-refractivity contribution in [2.24, 2.45) is 11.5 Å². The lowest BCUT2D eigenvalue weighted by Gasteiger charge is -2.39. The van der Waals surface area contributed by atoms with Crippen molar-refractivity contribution in [1.29, 1.82) is 0 Å². The van der Waals surface area contributed by atoms with Gasteiger partial charge in [-0.2, -0.15) is 0 Å². The van der Waals surface area contributed by atoms with Crippen LogP contribution in [0.25, 0.3) is 0 Å². The molecule has 10 heteroatoms. The Hall–Kier alpha value is -3.76. The van der Waals surface area contributed by atoms with Gasteiger partial charge >= 0.3 is 0 Å². The van der Waals surface area contributed by atoms with Crippen LogP contribution in [0.2, 0.25) is 0 Å². The zero-order valence-electron chi connectivity index (χ0n) is 18.4. The summed E-state index contributed by atoms with van der Waals surface area (Å²) in [4.78, 5) is 52.1. The first kappa shape index (κ1) is 23.9. The molecule has 1 saturated heterocycles. The van der Waals surface area contributed by atoms with Gasteiger partial charge in [-0.3, -0.25) is 29.0 Å². The highest BCUT2D eigenvalue weighted by molar-refractivity contribution is 6.04. The van der Waals surface area contributed by atoms with E-state index in [1.807, 2.05) is 16.7 Å². The zero-order chi connectivity index (χ0) is 24.0. The second-order valence-electron chi connectivity index (χ2n) is 7.97. The topological polar surface area (TPSA) is 151 Å². The maximum Gasteiger partial charge on any atom is 0.250 e. The summed E-state index contributed by atoms with van der Waals surface area (Å²) in [5.41, 5.74) is 12.0. The summed E-state index contributed by atoms with van der Waals surface area (Å²) in [6.45, 7) is 4.08. The number of rotatable bonds is 8. The fourth-order valence-corrected chi connectivity index (χ4v) is 3.83. The molecule has 0 radical (unpaired) electrons. The van der Waals surface area contributed by atoms with Crippen LogP contribution in [0.15, 0.2) is 48.5 Å². The zero-order valence-corrected chi connectivity index (χ0v) is 18.4. The van der Waals surface area contributed by atoms with Gasteiger partial charge in [-0.1, -0.05) is 24.3 Å². The quantitative estimate of drug-likeness (QED) is 0.457. The molecule has 0 saturated carbocycles. The molecule has 1 unspecified atom stereocenters. The highest BCUT2D eigenvalue weighted by Crippen LogP contribution is 2.16. The standard InChI is InChI=1S/C23H28N6O4/c1-15-12-28(13-20(30)26-18-8-4-2-6-16(18)22(24)32)10-11-29(15)14-21(31)27-19-9-5-3-7-17(19)23(25)33/h2-9,15H,10-14H2,1H3,(H2,24,32)(H2,25,33)(H,26,30)(H,27,31). The van der Waals surface area contributed by atoms with E-state index >= 15 is 0 Å². The fourth-order valence-electron chi connectivity index (χ4n) is 3.83. The lowest BCUT2D eigenvalue weighted by molar-refractivity contribution is -0.120. The summed E-state index contributed by atoms with van der Waals surface area (Å²) >= 11 is 0. The molecular formula is C23H28N6O4. The Balaban J connectivity index is 1.51. The van der Waals surface area contributed by atoms with Crippen molar-refractivity contribution in [2.45, 2.75) is 13.0 Å². The third kappa shape index (κ3) is 6.37. The van der Waals surface area contributed by atoms with Crippen LogP contribution < -0.4 is 22.1 Å². The van der Waals surface area contributed by atoms with Gasteiger partial charge in [0.2, 0.25) is 11.8 Å². The highest BCUT2D eigenvalue weighted by Gasteiger charge is 2.27. The number of benzene rings is 2. The van der Waals surface area contributed by atoms with Gasteiger partial charge in [-0.05, 0) is 31.2 Å². The molecule has 0 bridgehead atoms. The number of carbonyl (C=O) groups excluding carboxylic acids is 4. The van der Waals surface area contributed by atoms with E-state index in [0.717, 1.165) is 0 Å². The molecule has 0 aromatic heterocycles. The number of anilines is 2. The van der Waals surface area contributed by atoms with E-state index < -0.39 is 11.8 Å². The number of nitrogens with zero attached hydrogens (tertiary/aromatic N) is 2. The summed E-state index contributed by atoms with van der Waals surface area (Å²) in [6, 6.07) is 13.2. The van der Waals surface area contributed by atoms with Crippen LogP contribution >= 0.6 is 0 Å². The van der Waals surface area contributed by atoms with Gasteiger partial charge in [0, 0.05) is 25.7 Å². The molecule has 1 atom stereocenters. The Morgan fingerprint density at radius 1 is 0.818 bits per heavy atom. The van der Waals surface area contributed by atoms with E-state index in [9.17, 15) is 19.2 Å². The number of piperazine rings is 1. The Bertz CT molecular complexity index is 1060. The van der Waals surface area contributed by atoms with Gasteiger partial charge in [-0.25, -0.2) is 0 Å². The first-order chi connectivity index (χ1) is 15.7. The molecule has 1 aliphatic heterocycles. The normalized spacial score (nSPS) is 16.7. The third-order valence-electron chi connectivity index (χ3n) is 5.50. The summed E-state index contributed by atoms with van der Waals surface area (Å²) in [5, 5.41) is 5.49. The second kappa shape index (κ2) is 10.7. The van der Waals surface area contributed by atoms with Gasteiger partial charge in [-0.15, -0.1) is 0 Å². The molecule has 33 heavy (non-hydrogen) atoms. The lowest BCUT2D eigenvalue weighted by Crippen LogP contribution is -2.55. The molecule has 10 nitrogen and oxygen atoms in total. The van der Waals surface area contributed by atoms with Crippen molar-refractivity contribution in [3.05, 3.63) is 59.7 Å². The van der Waals surface area contributed by atoms with Crippen molar-refractivity contribution >= 4 is 35.0 Å². The minimum absolute atomic E-state index is 0.0293. The van der Waals surface area contributed by atoms with E-state index in [1.54, 1.807) is 48.5 Å². The summed E-state index contributed by atoms with van der Waals surface area (Å²) < 4.78 is 0. The number of nitrogens with two attached hydrogens (primary N) is 2. The number of amides is 4. The number of para-hydroxylation sites is 2. The molecular weight excluding hydrogens is 424 g/mol. The van der Waals surface area contributed by atoms with Crippen LogP contribution in [0.4, 0.5) is 11.4 Å². The monoisotopic (exact) mass is 452 g/mol. The van der Waals surface area contributed by atoms with Crippen LogP contribution in [0, 0.1) is 0 Å². The van der Waals surface area contributed by atoms with Crippen LogP contribution in [0.1, 0.15) is 27.6 Å². The molecule has 0 spiro atoms. The van der Waals surface area contributed by atoms with Gasteiger partial charge in [0.1, 0.15) is 0 Å². The largest absolute Gasteiger partial charge is 0.366 e. The number of hydrogen-bond acceptors (Lipinski definition) is 6. The molecule has 2 aromatic carbocycles. The summed E-state index contributed by atoms with van der Waals surface area (Å²) in [6.07, 6.45) is 0. The van der Waals surface area contributed by atoms with Crippen LogP contribution in [0.3, 0.4) is 0 Å². The van der Waals surface area contributed by atoms with Crippen molar-refractivity contribution in [2.75, 3.05) is 43.4 Å². The maximum atomic E-state index is 12.5. The number of hydrogen-bond donors (Lipinski definition) is 4. The highest BCUT2D eigenvalue weighted by atomic mass is 16.2. The molecule has 0 aliphatic carbocycles. The van der Waals surface area contributed by atoms with E-state index in [1.165, 1.54) is 0 Å². The van der Waals surface area contributed by atoms with E-state index in [0.29, 0.717) is 31.0 Å². The fraction of sp³-hybridized carbons (Fsp3) is 0.304. The lowest BCUT2D eigenvalue weighted by atomic mass is 10.1. The molecule has 6 N–H and O–H groups in total. The first-order valence-corrected chi connectivity index (χ1v) is 10.6. The second-order valence-corrected chi connectivity index (χ2v) is 7.97. The third-order valence-corrected chi connectivity index (χ3v) is 5.50. The van der Waals surface area contributed by atoms with Gasteiger partial charge in [0.25, 0.3) is 11.8 Å².